The fourth-order valence-corrected chi connectivity index (χ4v) is 1.43. The van der Waals surface area contributed by atoms with Crippen LogP contribution in [0.2, 0.25) is 0 Å². The van der Waals surface area contributed by atoms with Crippen LogP contribution in [0.25, 0.3) is 11.0 Å². The molecule has 4 nitrogen and oxygen atoms in total. The van der Waals surface area contributed by atoms with Crippen LogP contribution < -0.4 is 5.32 Å². The zero-order chi connectivity index (χ0) is 10.7. The molecular formula is C11H15N3O. The summed E-state index contributed by atoms with van der Waals surface area (Å²) in [6.07, 6.45) is 3.44. The molecule has 1 N–H and O–H groups in total. The number of furan rings is 1. The second kappa shape index (κ2) is 4.31. The van der Waals surface area contributed by atoms with Crippen LogP contribution in [0.1, 0.15) is 0 Å². The van der Waals surface area contributed by atoms with Crippen molar-refractivity contribution in [3.63, 3.8) is 0 Å². The minimum atomic E-state index is 0.873. The van der Waals surface area contributed by atoms with Crippen molar-refractivity contribution >= 4 is 16.8 Å². The Bertz CT molecular complexity index is 436. The third kappa shape index (κ3) is 2.27. The zero-order valence-electron chi connectivity index (χ0n) is 9.03. The van der Waals surface area contributed by atoms with E-state index in [9.17, 15) is 0 Å². The summed E-state index contributed by atoms with van der Waals surface area (Å²) in [6.45, 7) is 1.86. The van der Waals surface area contributed by atoms with Gasteiger partial charge in [-0.1, -0.05) is 0 Å². The summed E-state index contributed by atoms with van der Waals surface area (Å²) < 4.78 is 5.30. The van der Waals surface area contributed by atoms with Gasteiger partial charge in [-0.15, -0.1) is 0 Å². The number of fused-ring (bicyclic) bond motifs is 1. The highest BCUT2D eigenvalue weighted by atomic mass is 16.3. The fourth-order valence-electron chi connectivity index (χ4n) is 1.43. The standard InChI is InChI=1S/C11H15N3O/c1-14(2)7-6-13-11-9-4-8-15-10(9)3-5-12-11/h3-5,8H,6-7H2,1-2H3,(H,12,13). The third-order valence-electron chi connectivity index (χ3n) is 2.23. The normalized spacial score (nSPS) is 11.1. The van der Waals surface area contributed by atoms with Gasteiger partial charge in [0.2, 0.25) is 0 Å². The van der Waals surface area contributed by atoms with Gasteiger partial charge >= 0.3 is 0 Å². The Kier molecular flexibility index (Phi) is 2.87. The van der Waals surface area contributed by atoms with E-state index in [0.717, 1.165) is 29.9 Å². The van der Waals surface area contributed by atoms with Crippen molar-refractivity contribution < 1.29 is 4.42 Å². The Hall–Kier alpha value is -1.55. The summed E-state index contributed by atoms with van der Waals surface area (Å²) >= 11 is 0. The molecule has 0 radical (unpaired) electrons. The average molecular weight is 205 g/mol. The minimum absolute atomic E-state index is 0.873. The van der Waals surface area contributed by atoms with E-state index in [1.54, 1.807) is 12.5 Å². The van der Waals surface area contributed by atoms with Gasteiger partial charge in [0, 0.05) is 19.3 Å². The molecule has 2 aromatic rings. The van der Waals surface area contributed by atoms with Crippen LogP contribution >= 0.6 is 0 Å². The molecule has 2 aromatic heterocycles. The second-order valence-electron chi connectivity index (χ2n) is 3.72. The molecule has 15 heavy (non-hydrogen) atoms. The van der Waals surface area contributed by atoms with Gasteiger partial charge < -0.3 is 14.6 Å². The maximum atomic E-state index is 5.30. The van der Waals surface area contributed by atoms with E-state index >= 15 is 0 Å². The van der Waals surface area contributed by atoms with Crippen LogP contribution in [0.3, 0.4) is 0 Å². The second-order valence-corrected chi connectivity index (χ2v) is 3.72. The number of nitrogens with one attached hydrogen (secondary N) is 1. The molecule has 2 rings (SSSR count). The van der Waals surface area contributed by atoms with Gasteiger partial charge in [-0.25, -0.2) is 4.98 Å². The van der Waals surface area contributed by atoms with Crippen LogP contribution in [-0.2, 0) is 0 Å². The maximum absolute atomic E-state index is 5.30. The smallest absolute Gasteiger partial charge is 0.139 e. The number of aromatic nitrogens is 1. The third-order valence-corrected chi connectivity index (χ3v) is 2.23. The fraction of sp³-hybridized carbons (Fsp3) is 0.364. The van der Waals surface area contributed by atoms with Gasteiger partial charge in [0.15, 0.2) is 0 Å². The first kappa shape index (κ1) is 9.98. The van der Waals surface area contributed by atoms with Crippen LogP contribution in [0.15, 0.2) is 29.0 Å². The van der Waals surface area contributed by atoms with Gasteiger partial charge in [-0.05, 0) is 26.2 Å². The molecule has 4 heteroatoms. The number of likely N-dealkylation sites (N-methyl/N-ethyl adjacent to an activating group) is 1. The van der Waals surface area contributed by atoms with Crippen molar-refractivity contribution in [1.29, 1.82) is 0 Å². The molecule has 0 saturated heterocycles. The molecule has 0 bridgehead atoms. The van der Waals surface area contributed by atoms with Gasteiger partial charge in [0.05, 0.1) is 11.6 Å². The SMILES string of the molecule is CN(C)CCNc1nccc2occc12. The quantitative estimate of drug-likeness (QED) is 0.826. The summed E-state index contributed by atoms with van der Waals surface area (Å²) in [7, 11) is 4.10. The Morgan fingerprint density at radius 2 is 2.27 bits per heavy atom. The van der Waals surface area contributed by atoms with E-state index in [2.05, 4.69) is 15.2 Å². The van der Waals surface area contributed by atoms with E-state index in [-0.39, 0.29) is 0 Å². The number of anilines is 1. The summed E-state index contributed by atoms with van der Waals surface area (Å²) in [5, 5.41) is 4.33. The number of nitrogens with zero attached hydrogens (tertiary/aromatic N) is 2. The van der Waals surface area contributed by atoms with Gasteiger partial charge in [-0.3, -0.25) is 0 Å². The Morgan fingerprint density at radius 1 is 1.40 bits per heavy atom. The van der Waals surface area contributed by atoms with Crippen LogP contribution in [0.5, 0.6) is 0 Å². The van der Waals surface area contributed by atoms with E-state index in [1.807, 2.05) is 26.2 Å². The summed E-state index contributed by atoms with van der Waals surface area (Å²) in [5.41, 5.74) is 0.873. The first-order chi connectivity index (χ1) is 7.27. The molecule has 0 aliphatic heterocycles. The summed E-state index contributed by atoms with van der Waals surface area (Å²) in [5.74, 6) is 0.892. The molecule has 0 unspecified atom stereocenters. The molecule has 0 aromatic carbocycles. The number of hydrogen-bond acceptors (Lipinski definition) is 4. The summed E-state index contributed by atoms with van der Waals surface area (Å²) in [6, 6.07) is 3.80. The van der Waals surface area contributed by atoms with Crippen molar-refractivity contribution in [1.82, 2.24) is 9.88 Å². The first-order valence-electron chi connectivity index (χ1n) is 4.98. The lowest BCUT2D eigenvalue weighted by atomic mass is 10.3. The maximum Gasteiger partial charge on any atom is 0.139 e. The Balaban J connectivity index is 2.10. The molecule has 0 amide bonds. The number of pyridine rings is 1. The monoisotopic (exact) mass is 205 g/mol. The molecule has 0 saturated carbocycles. The molecule has 0 aliphatic rings. The molecule has 80 valence electrons. The van der Waals surface area contributed by atoms with Crippen molar-refractivity contribution in [2.24, 2.45) is 0 Å². The number of hydrogen-bond donors (Lipinski definition) is 1. The van der Waals surface area contributed by atoms with Gasteiger partial charge in [-0.2, -0.15) is 0 Å². The molecular weight excluding hydrogens is 190 g/mol. The highest BCUT2D eigenvalue weighted by Crippen LogP contribution is 2.21. The van der Waals surface area contributed by atoms with Crippen LogP contribution in [-0.4, -0.2) is 37.1 Å². The molecule has 0 aliphatic carbocycles. The van der Waals surface area contributed by atoms with E-state index in [4.69, 9.17) is 4.42 Å². The van der Waals surface area contributed by atoms with Gasteiger partial charge in [0.25, 0.3) is 0 Å². The molecule has 0 spiro atoms. The average Bonchev–Trinajstić information content (AvgIpc) is 2.65. The van der Waals surface area contributed by atoms with Crippen molar-refractivity contribution in [3.05, 3.63) is 24.6 Å². The van der Waals surface area contributed by atoms with E-state index in [0.29, 0.717) is 0 Å². The molecule has 0 atom stereocenters. The molecule has 0 fully saturated rings. The van der Waals surface area contributed by atoms with Crippen LogP contribution in [0, 0.1) is 0 Å². The van der Waals surface area contributed by atoms with E-state index < -0.39 is 0 Å². The van der Waals surface area contributed by atoms with Crippen molar-refractivity contribution in [2.75, 3.05) is 32.5 Å². The van der Waals surface area contributed by atoms with Crippen LogP contribution in [0.4, 0.5) is 5.82 Å². The topological polar surface area (TPSA) is 41.3 Å². The summed E-state index contributed by atoms with van der Waals surface area (Å²) in [4.78, 5) is 6.41. The zero-order valence-corrected chi connectivity index (χ0v) is 9.03. The largest absolute Gasteiger partial charge is 0.464 e. The lowest BCUT2D eigenvalue weighted by Crippen LogP contribution is -2.21. The van der Waals surface area contributed by atoms with Crippen molar-refractivity contribution in [2.45, 2.75) is 0 Å². The predicted octanol–water partition coefficient (Wildman–Crippen LogP) is 1.80. The Morgan fingerprint density at radius 3 is 3.07 bits per heavy atom. The van der Waals surface area contributed by atoms with E-state index in [1.165, 1.54) is 0 Å². The van der Waals surface area contributed by atoms with Crippen molar-refractivity contribution in [3.8, 4) is 0 Å². The lowest BCUT2D eigenvalue weighted by molar-refractivity contribution is 0.425. The highest BCUT2D eigenvalue weighted by Gasteiger charge is 2.03. The Labute approximate surface area is 88.9 Å². The number of rotatable bonds is 4. The van der Waals surface area contributed by atoms with Gasteiger partial charge in [0.1, 0.15) is 11.4 Å². The molecule has 2 heterocycles. The highest BCUT2D eigenvalue weighted by molar-refractivity contribution is 5.87. The minimum Gasteiger partial charge on any atom is -0.464 e. The first-order valence-corrected chi connectivity index (χ1v) is 4.98. The predicted molar refractivity (Wildman–Crippen MR) is 61.1 cm³/mol. The lowest BCUT2D eigenvalue weighted by Gasteiger charge is -2.10.